The van der Waals surface area contributed by atoms with Crippen LogP contribution in [0.15, 0.2) is 54.6 Å². The number of carbonyl (C=O) groups is 1. The molecule has 0 atom stereocenters. The van der Waals surface area contributed by atoms with Crippen molar-refractivity contribution >= 4 is 21.6 Å². The van der Waals surface area contributed by atoms with Crippen LogP contribution in [-0.2, 0) is 21.2 Å². The zero-order chi connectivity index (χ0) is 19.9. The second-order valence-electron chi connectivity index (χ2n) is 6.83. The van der Waals surface area contributed by atoms with Crippen LogP contribution in [0.5, 0.6) is 0 Å². The number of anilines is 1. The molecule has 6 heteroatoms. The molecule has 27 heavy (non-hydrogen) atoms. The molecule has 0 heterocycles. The quantitative estimate of drug-likeness (QED) is 0.717. The predicted molar refractivity (Wildman–Crippen MR) is 110 cm³/mol. The Hall–Kier alpha value is -2.18. The number of hydrogen-bond acceptors (Lipinski definition) is 3. The number of rotatable bonds is 9. The number of para-hydroxylation sites is 1. The number of nitrogens with zero attached hydrogens (tertiary/aromatic N) is 1. The monoisotopic (exact) mass is 388 g/mol. The highest BCUT2D eigenvalue weighted by Crippen LogP contribution is 2.27. The molecular weight excluding hydrogens is 360 g/mol. The Morgan fingerprint density at radius 3 is 2.30 bits per heavy atom. The topological polar surface area (TPSA) is 66.5 Å². The van der Waals surface area contributed by atoms with Gasteiger partial charge in [0.25, 0.3) is 0 Å². The summed E-state index contributed by atoms with van der Waals surface area (Å²) in [6, 6.07) is 17.3. The molecular formula is C21H28N2O3S. The molecule has 2 rings (SSSR count). The lowest BCUT2D eigenvalue weighted by molar-refractivity contribution is -0.116. The minimum absolute atomic E-state index is 0.0274. The van der Waals surface area contributed by atoms with Crippen molar-refractivity contribution in [3.63, 3.8) is 0 Å². The van der Waals surface area contributed by atoms with Crippen molar-refractivity contribution in [1.29, 1.82) is 0 Å². The van der Waals surface area contributed by atoms with Gasteiger partial charge in [-0.1, -0.05) is 62.4 Å². The van der Waals surface area contributed by atoms with Gasteiger partial charge < -0.3 is 4.90 Å². The summed E-state index contributed by atoms with van der Waals surface area (Å²) in [6.45, 7) is 6.13. The van der Waals surface area contributed by atoms with E-state index in [1.54, 1.807) is 4.90 Å². The van der Waals surface area contributed by atoms with E-state index in [0.717, 1.165) is 16.8 Å². The van der Waals surface area contributed by atoms with Crippen LogP contribution < -0.4 is 9.62 Å². The predicted octanol–water partition coefficient (Wildman–Crippen LogP) is 3.33. The van der Waals surface area contributed by atoms with Crippen LogP contribution in [0.4, 0.5) is 5.69 Å². The van der Waals surface area contributed by atoms with E-state index in [-0.39, 0.29) is 24.1 Å². The van der Waals surface area contributed by atoms with Gasteiger partial charge in [-0.2, -0.15) is 0 Å². The van der Waals surface area contributed by atoms with Gasteiger partial charge in [0.15, 0.2) is 0 Å². The molecule has 2 aromatic carbocycles. The number of amides is 1. The molecule has 5 nitrogen and oxygen atoms in total. The van der Waals surface area contributed by atoms with E-state index in [9.17, 15) is 13.2 Å². The summed E-state index contributed by atoms with van der Waals surface area (Å²) >= 11 is 0. The summed E-state index contributed by atoms with van der Waals surface area (Å²) in [5, 5.41) is 0. The van der Waals surface area contributed by atoms with Gasteiger partial charge in [-0.25, -0.2) is 13.1 Å². The van der Waals surface area contributed by atoms with E-state index in [4.69, 9.17) is 0 Å². The Balaban J connectivity index is 1.97. The fourth-order valence-electron chi connectivity index (χ4n) is 2.95. The lowest BCUT2D eigenvalue weighted by Crippen LogP contribution is -2.39. The number of nitrogens with one attached hydrogen (secondary N) is 1. The average Bonchev–Trinajstić information content (AvgIpc) is 2.64. The molecule has 0 saturated carbocycles. The van der Waals surface area contributed by atoms with Crippen LogP contribution >= 0.6 is 0 Å². The fourth-order valence-corrected chi connectivity index (χ4v) is 4.00. The summed E-state index contributed by atoms with van der Waals surface area (Å²) in [5.41, 5.74) is 2.89. The van der Waals surface area contributed by atoms with Crippen LogP contribution in [0.3, 0.4) is 0 Å². The first kappa shape index (κ1) is 21.1. The zero-order valence-corrected chi connectivity index (χ0v) is 17.0. The molecule has 1 N–H and O–H groups in total. The van der Waals surface area contributed by atoms with Gasteiger partial charge in [-0.3, -0.25) is 4.79 Å². The Labute approximate surface area is 162 Å². The first-order chi connectivity index (χ1) is 12.8. The molecule has 146 valence electrons. The van der Waals surface area contributed by atoms with Crippen LogP contribution in [0.1, 0.15) is 37.8 Å². The molecule has 0 aliphatic carbocycles. The van der Waals surface area contributed by atoms with Crippen LogP contribution in [0, 0.1) is 0 Å². The van der Waals surface area contributed by atoms with Gasteiger partial charge >= 0.3 is 0 Å². The molecule has 0 aromatic heterocycles. The van der Waals surface area contributed by atoms with Crippen LogP contribution in [0.25, 0.3) is 0 Å². The van der Waals surface area contributed by atoms with E-state index < -0.39 is 10.0 Å². The Morgan fingerprint density at radius 2 is 1.67 bits per heavy atom. The van der Waals surface area contributed by atoms with E-state index in [2.05, 4.69) is 18.6 Å². The standard InChI is InChI=1S/C21H28N2O3S/c1-17(2)20-11-7-8-12-21(20)23(18(3)24)15-14-22-27(25,26)16-13-19-9-5-4-6-10-19/h4-12,17,22H,13-16H2,1-3H3. The molecule has 2 aromatic rings. The van der Waals surface area contributed by atoms with Gasteiger partial charge in [0.2, 0.25) is 15.9 Å². The third kappa shape index (κ3) is 6.48. The largest absolute Gasteiger partial charge is 0.311 e. The van der Waals surface area contributed by atoms with Crippen molar-refractivity contribution in [2.45, 2.75) is 33.1 Å². The van der Waals surface area contributed by atoms with Crippen molar-refractivity contribution in [1.82, 2.24) is 4.72 Å². The molecule has 0 unspecified atom stereocenters. The Kier molecular flexibility index (Phi) is 7.56. The Morgan fingerprint density at radius 1 is 1.04 bits per heavy atom. The third-order valence-electron chi connectivity index (χ3n) is 4.39. The summed E-state index contributed by atoms with van der Waals surface area (Å²) in [5.74, 6) is 0.192. The van der Waals surface area contributed by atoms with Crippen molar-refractivity contribution in [3.05, 3.63) is 65.7 Å². The molecule has 0 spiro atoms. The molecule has 0 aliphatic heterocycles. The second kappa shape index (κ2) is 9.67. The number of sulfonamides is 1. The first-order valence-electron chi connectivity index (χ1n) is 9.18. The smallest absolute Gasteiger partial charge is 0.223 e. The van der Waals surface area contributed by atoms with Gasteiger partial charge in [-0.05, 0) is 29.5 Å². The van der Waals surface area contributed by atoms with Crippen molar-refractivity contribution < 1.29 is 13.2 Å². The highest BCUT2D eigenvalue weighted by Gasteiger charge is 2.18. The van der Waals surface area contributed by atoms with Crippen LogP contribution in [-0.4, -0.2) is 33.2 Å². The molecule has 0 aliphatic rings. The summed E-state index contributed by atoms with van der Waals surface area (Å²) in [7, 11) is -3.40. The number of aryl methyl sites for hydroxylation is 1. The van der Waals surface area contributed by atoms with Gasteiger partial charge in [0.05, 0.1) is 5.75 Å². The average molecular weight is 389 g/mol. The van der Waals surface area contributed by atoms with Gasteiger partial charge in [0.1, 0.15) is 0 Å². The maximum absolute atomic E-state index is 12.3. The fraction of sp³-hybridized carbons (Fsp3) is 0.381. The number of carbonyl (C=O) groups excluding carboxylic acids is 1. The van der Waals surface area contributed by atoms with Gasteiger partial charge in [-0.15, -0.1) is 0 Å². The highest BCUT2D eigenvalue weighted by atomic mass is 32.2. The van der Waals surface area contributed by atoms with Crippen LogP contribution in [0.2, 0.25) is 0 Å². The van der Waals surface area contributed by atoms with E-state index in [0.29, 0.717) is 13.0 Å². The lowest BCUT2D eigenvalue weighted by atomic mass is 10.0. The molecule has 0 radical (unpaired) electrons. The summed E-state index contributed by atoms with van der Waals surface area (Å²) < 4.78 is 27.1. The highest BCUT2D eigenvalue weighted by molar-refractivity contribution is 7.89. The minimum atomic E-state index is -3.40. The number of hydrogen-bond donors (Lipinski definition) is 1. The minimum Gasteiger partial charge on any atom is -0.311 e. The van der Waals surface area contributed by atoms with Crippen molar-refractivity contribution in [3.8, 4) is 0 Å². The summed E-state index contributed by atoms with van der Waals surface area (Å²) in [6.07, 6.45) is 0.461. The lowest BCUT2D eigenvalue weighted by Gasteiger charge is -2.25. The van der Waals surface area contributed by atoms with Gasteiger partial charge in [0, 0.05) is 25.7 Å². The maximum atomic E-state index is 12.3. The maximum Gasteiger partial charge on any atom is 0.223 e. The van der Waals surface area contributed by atoms with Crippen molar-refractivity contribution in [2.75, 3.05) is 23.7 Å². The molecule has 0 saturated heterocycles. The summed E-state index contributed by atoms with van der Waals surface area (Å²) in [4.78, 5) is 13.8. The zero-order valence-electron chi connectivity index (χ0n) is 16.2. The van der Waals surface area contributed by atoms with E-state index in [1.807, 2.05) is 54.6 Å². The third-order valence-corrected chi connectivity index (χ3v) is 5.77. The normalized spacial score (nSPS) is 11.6. The Bertz CT molecular complexity index is 849. The van der Waals surface area contributed by atoms with E-state index in [1.165, 1.54) is 6.92 Å². The number of benzene rings is 2. The molecule has 1 amide bonds. The first-order valence-corrected chi connectivity index (χ1v) is 10.8. The van der Waals surface area contributed by atoms with Crippen molar-refractivity contribution in [2.24, 2.45) is 0 Å². The second-order valence-corrected chi connectivity index (χ2v) is 8.76. The molecule has 0 bridgehead atoms. The molecule has 0 fully saturated rings. The SMILES string of the molecule is CC(=O)N(CCNS(=O)(=O)CCc1ccccc1)c1ccccc1C(C)C. The van der Waals surface area contributed by atoms with E-state index >= 15 is 0 Å².